The average Bonchev–Trinajstić information content (AvgIpc) is 1.65. The number of hydrogen-bond acceptors (Lipinski definition) is 33. The van der Waals surface area contributed by atoms with E-state index in [4.69, 9.17) is 123 Å². The van der Waals surface area contributed by atoms with E-state index >= 15 is 0 Å². The molecule has 0 aromatic carbocycles. The molecule has 4 heterocycles. The Bertz CT molecular complexity index is 3310. The molecule has 3 aliphatic heterocycles. The zero-order valence-corrected chi connectivity index (χ0v) is 99.6. The summed E-state index contributed by atoms with van der Waals surface area (Å²) in [7, 11) is -9.87. The molecule has 0 spiro atoms. The Hall–Kier alpha value is -1.15. The summed E-state index contributed by atoms with van der Waals surface area (Å²) in [5.41, 5.74) is 12.0. The van der Waals surface area contributed by atoms with E-state index in [1.807, 2.05) is 102 Å². The van der Waals surface area contributed by atoms with Gasteiger partial charge in [0.1, 0.15) is 0 Å². The van der Waals surface area contributed by atoms with Crippen LogP contribution in [0.25, 0.3) is 0 Å². The fraction of sp³-hybridized carbons (Fsp3) is 0.885. The number of urea groups is 2. The molecule has 14 atom stereocenters. The van der Waals surface area contributed by atoms with Crippen molar-refractivity contribution in [3.05, 3.63) is 23.5 Å². The minimum absolute atomic E-state index is 0. The summed E-state index contributed by atoms with van der Waals surface area (Å²) in [6, 6.07) is 9.62. The van der Waals surface area contributed by atoms with Gasteiger partial charge in [0, 0.05) is 179 Å². The van der Waals surface area contributed by atoms with E-state index in [0.29, 0.717) is 127 Å². The molecular formula is C87H182Cl2I2MnN14O24S2Si5. The molecule has 137 heavy (non-hydrogen) atoms. The summed E-state index contributed by atoms with van der Waals surface area (Å²) < 4.78 is 102. The van der Waals surface area contributed by atoms with Gasteiger partial charge < -0.3 is 112 Å². The van der Waals surface area contributed by atoms with Gasteiger partial charge in [0.25, 0.3) is 0 Å². The summed E-state index contributed by atoms with van der Waals surface area (Å²) in [6.45, 7) is 58.6. The minimum atomic E-state index is -4.67. The number of aromatic nitrogens is 1. The van der Waals surface area contributed by atoms with E-state index in [0.717, 1.165) is 100 Å². The van der Waals surface area contributed by atoms with Crippen LogP contribution >= 0.6 is 69.2 Å². The van der Waals surface area contributed by atoms with Gasteiger partial charge in [-0.2, -0.15) is 8.42 Å². The molecule has 2 saturated carbocycles. The number of aliphatic imine (C=N–C) groups is 3. The molecule has 0 radical (unpaired) electrons. The van der Waals surface area contributed by atoms with Crippen molar-refractivity contribution in [3.8, 4) is 0 Å². The van der Waals surface area contributed by atoms with Crippen LogP contribution in [0.4, 0.5) is 9.59 Å². The van der Waals surface area contributed by atoms with E-state index in [2.05, 4.69) is 169 Å². The Labute approximate surface area is 871 Å². The standard InChI is InChI=1S/C26H56N4O5Si2.C23H40N6S.C20H38N2O7Si2.C10H21NO4Si.C4H10O2.C3H9N.CH4.2ClH.I2.Mn.H2O4S.H2O2/c1-11-15-27-23(31)29-17-13-19-36(25(5,6)7)33-21(3)22(4)34-37(35-36,26(8,9)10)20-14-18-30-24(32)28-16-12-2;24-9-12-30-19-13-17-15-27-22-7-3-1-5-20(22)25-10-11-26-21-6-2-4-8-23(21)28-16-18(14-19)29-17;1-17-18(2)26-31(28-20(6,7)8,14-10-12-22-16-24)29-30(25-17,27-19(3,4)5)13-9-11-21-15-23;1-4-13-16(14-5-2,15-6-3)9-7-8-11-10-12;1-3(5)4(2)6;1-2-3-4;;;;1-2;;1-5(2,3)4;1-2/h21-22H,11-20H2,1-10H3,(H2,27,29,31)(H2,28,30,32);13-14,20-23,25-28H,1-12,15-16,24H2;17-18H,9-14H2,1-8H3;4-9H2,1-3H3;3-6H,1-2H3;2-4H2,1H3;1H4;2*1H;;;(H2,1,2,3,4);1-2H/q;;;;;;;;;;+2;;/p-2. The van der Waals surface area contributed by atoms with Crippen LogP contribution in [-0.2, 0) is 99.1 Å². The number of nitrogens with one attached hydrogen (secondary N) is 8. The van der Waals surface area contributed by atoms with E-state index in [1.165, 1.54) is 62.3 Å². The van der Waals surface area contributed by atoms with E-state index in [1.54, 1.807) is 26.0 Å². The number of halogens is 4. The normalized spacial score (nSPS) is 23.8. The third-order valence-electron chi connectivity index (χ3n) is 21.0. The van der Waals surface area contributed by atoms with Gasteiger partial charge in [-0.25, -0.2) is 38.9 Å². The molecule has 1 aromatic heterocycles. The summed E-state index contributed by atoms with van der Waals surface area (Å²) >= 11 is 6.09. The van der Waals surface area contributed by atoms with Crippen molar-refractivity contribution in [1.82, 2.24) is 47.5 Å². The number of rotatable bonds is 37. The van der Waals surface area contributed by atoms with Crippen LogP contribution in [0.3, 0.4) is 0 Å². The predicted octanol–water partition coefficient (Wildman–Crippen LogP) is 16.4. The van der Waals surface area contributed by atoms with Crippen LogP contribution in [0.2, 0.25) is 40.3 Å². The number of fused-ring (bicyclic) bond motifs is 4. The summed E-state index contributed by atoms with van der Waals surface area (Å²) in [5, 5.41) is 55.4. The maximum absolute atomic E-state index is 12.0. The number of nitrogens with zero attached hydrogens (tertiary/aromatic N) is 4. The second kappa shape index (κ2) is 81.8. The Balaban J connectivity index is -0.000000535. The van der Waals surface area contributed by atoms with Crippen molar-refractivity contribution < 1.29 is 123 Å². The predicted molar refractivity (Wildman–Crippen MR) is 573 cm³/mol. The fourth-order valence-corrected chi connectivity index (χ4v) is 37.3. The second-order valence-corrected chi connectivity index (χ2v) is 57.4. The van der Waals surface area contributed by atoms with E-state index in [-0.39, 0.29) is 67.1 Å². The number of aliphatic hydroxyl groups excluding tert-OH is 2. The molecule has 38 nitrogen and oxygen atoms in total. The van der Waals surface area contributed by atoms with Crippen LogP contribution in [0.1, 0.15) is 288 Å². The average molecular weight is 2390 g/mol. The number of nitrogens with two attached hydrogens (primary N) is 2. The van der Waals surface area contributed by atoms with Gasteiger partial charge in [-0.1, -0.05) is 95.4 Å². The molecule has 18 N–H and O–H groups in total. The Morgan fingerprint density at radius 1 is 0.562 bits per heavy atom. The van der Waals surface area contributed by atoms with Gasteiger partial charge in [0.2, 0.25) is 18.2 Å². The van der Waals surface area contributed by atoms with Crippen LogP contribution in [-0.4, -0.2) is 287 Å². The number of hydrogen-bond donors (Lipinski definition) is 16. The number of thioether (sulfide) groups is 1. The monoisotopic (exact) mass is 2390 g/mol. The van der Waals surface area contributed by atoms with Gasteiger partial charge in [0.15, 0.2) is 0 Å². The van der Waals surface area contributed by atoms with Crippen molar-refractivity contribution in [2.24, 2.45) is 26.4 Å². The molecule has 2 saturated heterocycles. The van der Waals surface area contributed by atoms with Gasteiger partial charge in [0.05, 0.1) is 78.8 Å². The fourth-order valence-electron chi connectivity index (χ4n) is 14.3. The third-order valence-corrected chi connectivity index (χ3v) is 43.7. The van der Waals surface area contributed by atoms with Gasteiger partial charge in [-0.05, 0) is 212 Å². The first-order valence-electron chi connectivity index (χ1n) is 47.7. The van der Waals surface area contributed by atoms with Gasteiger partial charge in [-0.3, -0.25) is 24.6 Å². The quantitative estimate of drug-likeness (QED) is 0.00338. The Kier molecular flexibility index (Phi) is 86.2. The topological polar surface area (TPSA) is 541 Å². The molecule has 2 bridgehead atoms. The molecule has 811 valence electrons. The molecule has 2 aliphatic carbocycles. The number of carbonyl (C=O) groups is 2. The number of carbonyl (C=O) groups excluding carboxylic acids is 5. The zero-order valence-electron chi connectivity index (χ0n) is 86.0. The van der Waals surface area contributed by atoms with Gasteiger partial charge >= 0.3 is 99.3 Å². The Morgan fingerprint density at radius 2 is 0.876 bits per heavy atom. The molecule has 14 unspecified atom stereocenters. The van der Waals surface area contributed by atoms with Crippen molar-refractivity contribution in [2.75, 3.05) is 97.6 Å². The van der Waals surface area contributed by atoms with Gasteiger partial charge in [-0.15, -0.1) is 11.8 Å². The first kappa shape index (κ1) is 144. The Morgan fingerprint density at radius 3 is 1.16 bits per heavy atom. The molecule has 5 aliphatic rings. The van der Waals surface area contributed by atoms with E-state index in [9.17, 15) is 24.0 Å². The third kappa shape index (κ3) is 68.9. The number of aliphatic hydroxyl groups is 2. The van der Waals surface area contributed by atoms with E-state index < -0.39 is 77.3 Å². The number of amides is 4. The molecule has 4 amide bonds. The van der Waals surface area contributed by atoms with Crippen molar-refractivity contribution in [3.63, 3.8) is 0 Å². The zero-order chi connectivity index (χ0) is 105. The second-order valence-electron chi connectivity index (χ2n) is 36.9. The molecule has 4 fully saturated rings. The number of isocyanates is 3. The molecule has 1 aromatic rings. The number of pyridine rings is 1. The first-order chi connectivity index (χ1) is 63.9. The molecule has 50 heteroatoms. The maximum atomic E-state index is 12.0. The van der Waals surface area contributed by atoms with Crippen LogP contribution in [0, 0.1) is 0 Å². The first-order valence-corrected chi connectivity index (χ1v) is 69.5. The SMILES string of the molecule is C.CC(O)C(C)O.CC1O[Si](CCCN=C=O)(OC(C)(C)C)O[Si](CCCN=C=O)(OC(C)(C)C)OC1C.CCCN.CCCNC(=O)NCCC[Si]1(C(C)(C)C)OC(C)C(C)O[Si](CCCNC(=O)NCCC)(C(C)(C)C)O1.CCO[Si](CCCN=C=O)(OCC)OCC.II.NCCSc1cc2nc(c1)CNC1CCCCC1NCCNC1CCCCC1NC2.O=S(=O)(O)O.OO.[Cl][Mn][Cl]. The van der Waals surface area contributed by atoms with Crippen LogP contribution in [0.5, 0.6) is 0 Å². The summed E-state index contributed by atoms with van der Waals surface area (Å²) in [6.07, 6.45) is 19.4. The summed E-state index contributed by atoms with van der Waals surface area (Å²) in [5.74, 6) is 0.951. The summed E-state index contributed by atoms with van der Waals surface area (Å²) in [4.78, 5) is 72.2. The molecular weight excluding hydrogens is 2210 g/mol. The van der Waals surface area contributed by atoms with Crippen LogP contribution in [0.15, 0.2) is 32.0 Å². The van der Waals surface area contributed by atoms with Crippen molar-refractivity contribution in [2.45, 2.75) is 407 Å². The van der Waals surface area contributed by atoms with Crippen molar-refractivity contribution in [1.29, 1.82) is 0 Å². The van der Waals surface area contributed by atoms with Crippen LogP contribution < -0.4 is 54.0 Å². The molecule has 6 rings (SSSR count). The van der Waals surface area contributed by atoms with Crippen molar-refractivity contribution >= 4 is 153 Å².